The summed E-state index contributed by atoms with van der Waals surface area (Å²) in [7, 11) is 1.99. The lowest BCUT2D eigenvalue weighted by atomic mass is 9.86. The van der Waals surface area contributed by atoms with Gasteiger partial charge in [0.25, 0.3) is 0 Å². The molecule has 0 bridgehead atoms. The summed E-state index contributed by atoms with van der Waals surface area (Å²) >= 11 is 0. The van der Waals surface area contributed by atoms with Crippen LogP contribution in [-0.2, 0) is 7.05 Å². The van der Waals surface area contributed by atoms with Crippen molar-refractivity contribution in [3.8, 4) is 0 Å². The number of aryl methyl sites for hydroxylation is 1. The Kier molecular flexibility index (Phi) is 2.36. The molecule has 1 fully saturated rings. The standard InChI is InChI=1S/C10H16N2O/c1-12-7-6-11-10(12)8-4-2-3-5-9(8)13/h6-9,13H,2-5H2,1H3/t8-,9+/m0/s1. The van der Waals surface area contributed by atoms with Gasteiger partial charge in [0.15, 0.2) is 0 Å². The largest absolute Gasteiger partial charge is 0.392 e. The average Bonchev–Trinajstić information content (AvgIpc) is 2.52. The lowest BCUT2D eigenvalue weighted by Gasteiger charge is -2.26. The monoisotopic (exact) mass is 180 g/mol. The number of aliphatic hydroxyl groups is 1. The molecule has 2 atom stereocenters. The first-order valence-electron chi connectivity index (χ1n) is 4.94. The lowest BCUT2D eigenvalue weighted by molar-refractivity contribution is 0.101. The van der Waals surface area contributed by atoms with Crippen molar-refractivity contribution in [1.29, 1.82) is 0 Å². The molecule has 0 radical (unpaired) electrons. The highest BCUT2D eigenvalue weighted by atomic mass is 16.3. The molecule has 1 aliphatic rings. The van der Waals surface area contributed by atoms with Crippen LogP contribution in [0.4, 0.5) is 0 Å². The molecule has 1 saturated carbocycles. The van der Waals surface area contributed by atoms with Crippen LogP contribution in [0.1, 0.15) is 37.4 Å². The van der Waals surface area contributed by atoms with Gasteiger partial charge in [0.05, 0.1) is 6.10 Å². The van der Waals surface area contributed by atoms with Gasteiger partial charge in [-0.25, -0.2) is 4.98 Å². The quantitative estimate of drug-likeness (QED) is 0.710. The van der Waals surface area contributed by atoms with Gasteiger partial charge < -0.3 is 9.67 Å². The summed E-state index contributed by atoms with van der Waals surface area (Å²) in [4.78, 5) is 4.29. The van der Waals surface area contributed by atoms with Gasteiger partial charge in [0, 0.05) is 25.4 Å². The van der Waals surface area contributed by atoms with Crippen LogP contribution in [0, 0.1) is 0 Å². The number of hydrogen-bond donors (Lipinski definition) is 1. The molecule has 1 aliphatic carbocycles. The SMILES string of the molecule is Cn1ccnc1[C@H]1CCCC[C@H]1O. The van der Waals surface area contributed by atoms with Crippen LogP contribution < -0.4 is 0 Å². The molecule has 1 heterocycles. The minimum atomic E-state index is -0.185. The van der Waals surface area contributed by atoms with E-state index >= 15 is 0 Å². The van der Waals surface area contributed by atoms with Crippen molar-refractivity contribution in [2.75, 3.05) is 0 Å². The summed E-state index contributed by atoms with van der Waals surface area (Å²) in [5.74, 6) is 1.29. The summed E-state index contributed by atoms with van der Waals surface area (Å²) in [5.41, 5.74) is 0. The van der Waals surface area contributed by atoms with Crippen molar-refractivity contribution in [2.45, 2.75) is 37.7 Å². The Hall–Kier alpha value is -0.830. The maximum atomic E-state index is 9.81. The highest BCUT2D eigenvalue weighted by molar-refractivity contribution is 5.03. The predicted molar refractivity (Wildman–Crippen MR) is 50.4 cm³/mol. The molecule has 0 aliphatic heterocycles. The third kappa shape index (κ3) is 1.61. The second-order valence-electron chi connectivity index (χ2n) is 3.85. The van der Waals surface area contributed by atoms with E-state index in [1.807, 2.05) is 17.8 Å². The van der Waals surface area contributed by atoms with Crippen LogP contribution in [0.15, 0.2) is 12.4 Å². The third-order valence-corrected chi connectivity index (χ3v) is 2.92. The van der Waals surface area contributed by atoms with Gasteiger partial charge in [0.2, 0.25) is 0 Å². The molecule has 0 aromatic carbocycles. The molecular weight excluding hydrogens is 164 g/mol. The normalized spacial score (nSPS) is 29.1. The van der Waals surface area contributed by atoms with E-state index in [4.69, 9.17) is 0 Å². The van der Waals surface area contributed by atoms with E-state index in [0.29, 0.717) is 0 Å². The number of imidazole rings is 1. The van der Waals surface area contributed by atoms with Crippen molar-refractivity contribution in [3.05, 3.63) is 18.2 Å². The molecule has 1 N–H and O–H groups in total. The van der Waals surface area contributed by atoms with Crippen molar-refractivity contribution in [1.82, 2.24) is 9.55 Å². The minimum Gasteiger partial charge on any atom is -0.392 e. The van der Waals surface area contributed by atoms with E-state index in [2.05, 4.69) is 4.98 Å². The molecule has 0 spiro atoms. The molecule has 0 amide bonds. The summed E-state index contributed by atoms with van der Waals surface area (Å²) in [6.07, 6.45) is 7.93. The van der Waals surface area contributed by atoms with Crippen molar-refractivity contribution < 1.29 is 5.11 Å². The first kappa shape index (κ1) is 8.75. The smallest absolute Gasteiger partial charge is 0.114 e. The Morgan fingerprint density at radius 1 is 1.46 bits per heavy atom. The first-order valence-corrected chi connectivity index (χ1v) is 4.94. The summed E-state index contributed by atoms with van der Waals surface area (Å²) in [6.45, 7) is 0. The first-order chi connectivity index (χ1) is 6.29. The van der Waals surface area contributed by atoms with Gasteiger partial charge in [-0.15, -0.1) is 0 Å². The molecule has 72 valence electrons. The Bertz CT molecular complexity index is 282. The van der Waals surface area contributed by atoms with Gasteiger partial charge in [-0.2, -0.15) is 0 Å². The molecule has 1 aromatic rings. The molecule has 2 rings (SSSR count). The summed E-state index contributed by atoms with van der Waals surface area (Å²) in [6, 6.07) is 0. The minimum absolute atomic E-state index is 0.185. The summed E-state index contributed by atoms with van der Waals surface area (Å²) < 4.78 is 2.01. The van der Waals surface area contributed by atoms with Gasteiger partial charge in [0.1, 0.15) is 5.82 Å². The van der Waals surface area contributed by atoms with E-state index < -0.39 is 0 Å². The molecule has 0 unspecified atom stereocenters. The Morgan fingerprint density at radius 2 is 2.23 bits per heavy atom. The second kappa shape index (κ2) is 3.50. The zero-order chi connectivity index (χ0) is 9.26. The molecule has 3 heteroatoms. The zero-order valence-corrected chi connectivity index (χ0v) is 7.98. The molecular formula is C10H16N2O. The Morgan fingerprint density at radius 3 is 2.85 bits per heavy atom. The lowest BCUT2D eigenvalue weighted by Crippen LogP contribution is -2.24. The molecule has 1 aromatic heterocycles. The predicted octanol–water partition coefficient (Wildman–Crippen LogP) is 1.44. The molecule has 0 saturated heterocycles. The van der Waals surface area contributed by atoms with Crippen molar-refractivity contribution in [3.63, 3.8) is 0 Å². The van der Waals surface area contributed by atoms with Gasteiger partial charge in [-0.1, -0.05) is 12.8 Å². The molecule has 13 heavy (non-hydrogen) atoms. The van der Waals surface area contributed by atoms with E-state index in [1.165, 1.54) is 6.42 Å². The average molecular weight is 180 g/mol. The van der Waals surface area contributed by atoms with Gasteiger partial charge in [-0.3, -0.25) is 0 Å². The number of nitrogens with zero attached hydrogens (tertiary/aromatic N) is 2. The number of rotatable bonds is 1. The Balaban J connectivity index is 2.19. The fourth-order valence-electron chi connectivity index (χ4n) is 2.15. The van der Waals surface area contributed by atoms with Gasteiger partial charge >= 0.3 is 0 Å². The fraction of sp³-hybridized carbons (Fsp3) is 0.700. The fourth-order valence-corrected chi connectivity index (χ4v) is 2.15. The van der Waals surface area contributed by atoms with E-state index in [9.17, 15) is 5.11 Å². The van der Waals surface area contributed by atoms with Crippen LogP contribution in [0.2, 0.25) is 0 Å². The number of hydrogen-bond acceptors (Lipinski definition) is 2. The second-order valence-corrected chi connectivity index (χ2v) is 3.85. The van der Waals surface area contributed by atoms with Crippen LogP contribution in [0.5, 0.6) is 0 Å². The van der Waals surface area contributed by atoms with Crippen LogP contribution >= 0.6 is 0 Å². The van der Waals surface area contributed by atoms with Crippen molar-refractivity contribution >= 4 is 0 Å². The van der Waals surface area contributed by atoms with Crippen LogP contribution in [0.3, 0.4) is 0 Å². The highest BCUT2D eigenvalue weighted by Crippen LogP contribution is 2.31. The van der Waals surface area contributed by atoms with Crippen molar-refractivity contribution in [2.24, 2.45) is 7.05 Å². The maximum Gasteiger partial charge on any atom is 0.114 e. The van der Waals surface area contributed by atoms with E-state index in [1.54, 1.807) is 6.20 Å². The van der Waals surface area contributed by atoms with Crippen LogP contribution in [-0.4, -0.2) is 20.8 Å². The third-order valence-electron chi connectivity index (χ3n) is 2.92. The van der Waals surface area contributed by atoms with E-state index in [0.717, 1.165) is 25.1 Å². The van der Waals surface area contributed by atoms with Crippen LogP contribution in [0.25, 0.3) is 0 Å². The topological polar surface area (TPSA) is 38.0 Å². The maximum absolute atomic E-state index is 9.81. The summed E-state index contributed by atoms with van der Waals surface area (Å²) in [5, 5.41) is 9.81. The van der Waals surface area contributed by atoms with Gasteiger partial charge in [-0.05, 0) is 12.8 Å². The number of aromatic nitrogens is 2. The molecule has 3 nitrogen and oxygen atoms in total. The number of aliphatic hydroxyl groups excluding tert-OH is 1. The zero-order valence-electron chi connectivity index (χ0n) is 7.98. The highest BCUT2D eigenvalue weighted by Gasteiger charge is 2.27. The van der Waals surface area contributed by atoms with E-state index in [-0.39, 0.29) is 12.0 Å². The Labute approximate surface area is 78.4 Å².